The van der Waals surface area contributed by atoms with Crippen molar-refractivity contribution in [2.24, 2.45) is 5.92 Å². The SMILES string of the molecule is CC(C)(C)OC=O.Nc1cnn(C(c2ccccc2)C2CCNCC2)c1. The van der Waals surface area contributed by atoms with Crippen molar-refractivity contribution in [2.75, 3.05) is 18.8 Å². The zero-order chi connectivity index (χ0) is 19.0. The average molecular weight is 358 g/mol. The number of carbonyl (C=O) groups is 1. The number of carbonyl (C=O) groups excluding carboxylic acids is 1. The normalized spacial score (nSPS) is 16.3. The van der Waals surface area contributed by atoms with Crippen LogP contribution in [-0.4, -0.2) is 34.9 Å². The Bertz CT molecular complexity index is 658. The molecule has 1 saturated heterocycles. The molecule has 0 radical (unpaired) electrons. The molecule has 142 valence electrons. The van der Waals surface area contributed by atoms with Gasteiger partial charge in [-0.2, -0.15) is 5.10 Å². The second kappa shape index (κ2) is 9.38. The fraction of sp³-hybridized carbons (Fsp3) is 0.500. The summed E-state index contributed by atoms with van der Waals surface area (Å²) in [5.41, 5.74) is 7.56. The summed E-state index contributed by atoms with van der Waals surface area (Å²) in [7, 11) is 0. The number of piperidine rings is 1. The second-order valence-corrected chi connectivity index (χ2v) is 7.52. The Morgan fingerprint density at radius 1 is 1.27 bits per heavy atom. The molecule has 2 aromatic rings. The number of anilines is 1. The molecule has 1 atom stereocenters. The molecule has 1 fully saturated rings. The molecular weight excluding hydrogens is 328 g/mol. The topological polar surface area (TPSA) is 82.2 Å². The van der Waals surface area contributed by atoms with Gasteiger partial charge in [-0.3, -0.25) is 9.48 Å². The summed E-state index contributed by atoms with van der Waals surface area (Å²) in [5, 5.41) is 7.86. The van der Waals surface area contributed by atoms with Crippen molar-refractivity contribution in [1.82, 2.24) is 15.1 Å². The molecule has 1 unspecified atom stereocenters. The molecule has 1 aliphatic heterocycles. The van der Waals surface area contributed by atoms with Gasteiger partial charge in [0.1, 0.15) is 5.60 Å². The van der Waals surface area contributed by atoms with Gasteiger partial charge >= 0.3 is 0 Å². The first-order chi connectivity index (χ1) is 12.4. The Kier molecular flexibility index (Phi) is 7.21. The van der Waals surface area contributed by atoms with E-state index in [4.69, 9.17) is 5.73 Å². The van der Waals surface area contributed by atoms with Crippen LogP contribution in [0.5, 0.6) is 0 Å². The zero-order valence-corrected chi connectivity index (χ0v) is 15.9. The average Bonchev–Trinajstić information content (AvgIpc) is 3.02. The molecule has 26 heavy (non-hydrogen) atoms. The molecular formula is C20H30N4O2. The van der Waals surface area contributed by atoms with Crippen LogP contribution in [0.3, 0.4) is 0 Å². The molecule has 0 bridgehead atoms. The monoisotopic (exact) mass is 358 g/mol. The van der Waals surface area contributed by atoms with E-state index >= 15 is 0 Å². The van der Waals surface area contributed by atoms with Crippen LogP contribution >= 0.6 is 0 Å². The molecule has 1 aromatic heterocycles. The van der Waals surface area contributed by atoms with Gasteiger partial charge in [0.05, 0.1) is 17.9 Å². The largest absolute Gasteiger partial charge is 0.462 e. The third-order valence-corrected chi connectivity index (χ3v) is 4.28. The van der Waals surface area contributed by atoms with Crippen molar-refractivity contribution in [3.63, 3.8) is 0 Å². The summed E-state index contributed by atoms with van der Waals surface area (Å²) in [4.78, 5) is 9.60. The fourth-order valence-corrected chi connectivity index (χ4v) is 3.10. The number of ether oxygens (including phenoxy) is 1. The first kappa shape index (κ1) is 20.0. The molecule has 0 spiro atoms. The van der Waals surface area contributed by atoms with E-state index in [1.807, 2.05) is 31.6 Å². The fourth-order valence-electron chi connectivity index (χ4n) is 3.10. The second-order valence-electron chi connectivity index (χ2n) is 7.52. The van der Waals surface area contributed by atoms with Crippen LogP contribution in [-0.2, 0) is 9.53 Å². The lowest BCUT2D eigenvalue weighted by Gasteiger charge is -2.31. The quantitative estimate of drug-likeness (QED) is 0.821. The van der Waals surface area contributed by atoms with Gasteiger partial charge < -0.3 is 15.8 Å². The molecule has 2 heterocycles. The first-order valence-corrected chi connectivity index (χ1v) is 9.07. The standard InChI is InChI=1S/C15H20N4.C5H10O2/c16-14-10-18-19(11-14)15(12-4-2-1-3-5-12)13-6-8-17-9-7-13;1-5(2,3)7-4-6/h1-5,10-11,13,15,17H,6-9,16H2;4H,1-3H3. The molecule has 3 rings (SSSR count). The van der Waals surface area contributed by atoms with E-state index in [1.54, 1.807) is 6.20 Å². The maximum Gasteiger partial charge on any atom is 0.293 e. The summed E-state index contributed by atoms with van der Waals surface area (Å²) in [6.07, 6.45) is 6.04. The smallest absolute Gasteiger partial charge is 0.293 e. The Hall–Kier alpha value is -2.34. The number of nitrogen functional groups attached to an aromatic ring is 1. The highest BCUT2D eigenvalue weighted by Gasteiger charge is 2.26. The minimum atomic E-state index is -0.318. The van der Waals surface area contributed by atoms with Crippen molar-refractivity contribution in [3.8, 4) is 0 Å². The van der Waals surface area contributed by atoms with Crippen molar-refractivity contribution >= 4 is 12.2 Å². The van der Waals surface area contributed by atoms with E-state index < -0.39 is 0 Å². The van der Waals surface area contributed by atoms with Crippen LogP contribution in [0.25, 0.3) is 0 Å². The maximum absolute atomic E-state index is 9.60. The summed E-state index contributed by atoms with van der Waals surface area (Å²) >= 11 is 0. The maximum atomic E-state index is 9.60. The van der Waals surface area contributed by atoms with Crippen LogP contribution in [0.15, 0.2) is 42.7 Å². The number of nitrogens with zero attached hydrogens (tertiary/aromatic N) is 2. The molecule has 0 aliphatic carbocycles. The Labute approximate surface area is 155 Å². The van der Waals surface area contributed by atoms with E-state index in [9.17, 15) is 4.79 Å². The minimum absolute atomic E-state index is 0.292. The van der Waals surface area contributed by atoms with Gasteiger partial charge in [-0.25, -0.2) is 0 Å². The number of nitrogens with two attached hydrogens (primary N) is 1. The van der Waals surface area contributed by atoms with Crippen LogP contribution in [0.2, 0.25) is 0 Å². The van der Waals surface area contributed by atoms with Crippen molar-refractivity contribution < 1.29 is 9.53 Å². The highest BCUT2D eigenvalue weighted by Crippen LogP contribution is 2.32. The van der Waals surface area contributed by atoms with Gasteiger partial charge in [0.15, 0.2) is 0 Å². The van der Waals surface area contributed by atoms with E-state index in [-0.39, 0.29) is 5.60 Å². The zero-order valence-electron chi connectivity index (χ0n) is 15.9. The molecule has 3 N–H and O–H groups in total. The van der Waals surface area contributed by atoms with Crippen LogP contribution in [0, 0.1) is 5.92 Å². The van der Waals surface area contributed by atoms with Crippen molar-refractivity contribution in [2.45, 2.75) is 45.3 Å². The van der Waals surface area contributed by atoms with Crippen LogP contribution < -0.4 is 11.1 Å². The van der Waals surface area contributed by atoms with Gasteiger partial charge in [0.25, 0.3) is 6.47 Å². The third-order valence-electron chi connectivity index (χ3n) is 4.28. The van der Waals surface area contributed by atoms with E-state index in [1.165, 1.54) is 18.4 Å². The molecule has 6 heteroatoms. The van der Waals surface area contributed by atoms with Gasteiger partial charge in [0, 0.05) is 6.20 Å². The summed E-state index contributed by atoms with van der Waals surface area (Å²) in [6.45, 7) is 8.10. The number of nitrogens with one attached hydrogen (secondary N) is 1. The number of aromatic nitrogens is 2. The predicted octanol–water partition coefficient (Wildman–Crippen LogP) is 3.01. The molecule has 0 saturated carbocycles. The summed E-state index contributed by atoms with van der Waals surface area (Å²) in [5.74, 6) is 0.614. The van der Waals surface area contributed by atoms with Gasteiger partial charge in [-0.05, 0) is 58.2 Å². The van der Waals surface area contributed by atoms with E-state index in [0.29, 0.717) is 18.4 Å². The number of rotatable bonds is 4. The lowest BCUT2D eigenvalue weighted by molar-refractivity contribution is -0.138. The Morgan fingerprint density at radius 3 is 2.38 bits per heavy atom. The Balaban J connectivity index is 0.000000298. The van der Waals surface area contributed by atoms with Gasteiger partial charge in [0.2, 0.25) is 0 Å². The first-order valence-electron chi connectivity index (χ1n) is 9.07. The highest BCUT2D eigenvalue weighted by atomic mass is 16.5. The van der Waals surface area contributed by atoms with Gasteiger partial charge in [-0.15, -0.1) is 0 Å². The van der Waals surface area contributed by atoms with E-state index in [2.05, 4.69) is 45.5 Å². The van der Waals surface area contributed by atoms with E-state index in [0.717, 1.165) is 18.8 Å². The van der Waals surface area contributed by atoms with Crippen molar-refractivity contribution in [3.05, 3.63) is 48.3 Å². The Morgan fingerprint density at radius 2 is 1.92 bits per heavy atom. The molecule has 1 aromatic carbocycles. The molecule has 0 amide bonds. The van der Waals surface area contributed by atoms with Crippen LogP contribution in [0.4, 0.5) is 5.69 Å². The minimum Gasteiger partial charge on any atom is -0.462 e. The summed E-state index contributed by atoms with van der Waals surface area (Å²) < 4.78 is 6.58. The number of hydrogen-bond acceptors (Lipinski definition) is 5. The predicted molar refractivity (Wildman–Crippen MR) is 104 cm³/mol. The highest BCUT2D eigenvalue weighted by molar-refractivity contribution is 5.37. The third kappa shape index (κ3) is 6.19. The lowest BCUT2D eigenvalue weighted by atomic mass is 9.86. The molecule has 6 nitrogen and oxygen atoms in total. The summed E-state index contributed by atoms with van der Waals surface area (Å²) in [6, 6.07) is 10.9. The molecule has 1 aliphatic rings. The van der Waals surface area contributed by atoms with Gasteiger partial charge in [-0.1, -0.05) is 30.3 Å². The number of hydrogen-bond donors (Lipinski definition) is 2. The number of benzene rings is 1. The van der Waals surface area contributed by atoms with Crippen LogP contribution in [0.1, 0.15) is 45.2 Å². The lowest BCUT2D eigenvalue weighted by Crippen LogP contribution is -2.33. The van der Waals surface area contributed by atoms with Crippen molar-refractivity contribution in [1.29, 1.82) is 0 Å².